The molecule has 0 unspecified atom stereocenters. The molecule has 0 fully saturated rings. The van der Waals surface area contributed by atoms with Crippen molar-refractivity contribution in [1.82, 2.24) is 5.32 Å². The van der Waals surface area contributed by atoms with E-state index < -0.39 is 0 Å². The number of halogens is 3. The van der Waals surface area contributed by atoms with E-state index in [1.54, 1.807) is 13.1 Å². The molecule has 0 atom stereocenters. The van der Waals surface area contributed by atoms with Gasteiger partial charge in [0.1, 0.15) is 0 Å². The zero-order valence-electron chi connectivity index (χ0n) is 8.61. The Kier molecular flexibility index (Phi) is 5.38. The monoisotopic (exact) mass is 324 g/mol. The van der Waals surface area contributed by atoms with Gasteiger partial charge in [0, 0.05) is 24.5 Å². The number of hydrogen-bond donors (Lipinski definition) is 2. The van der Waals surface area contributed by atoms with Gasteiger partial charge in [0.15, 0.2) is 0 Å². The lowest BCUT2D eigenvalue weighted by Crippen LogP contribution is -2.20. The molecule has 0 radical (unpaired) electrons. The summed E-state index contributed by atoms with van der Waals surface area (Å²) in [6.07, 6.45) is 0.389. The lowest BCUT2D eigenvalue weighted by atomic mass is 10.3. The van der Waals surface area contributed by atoms with Crippen LogP contribution >= 0.6 is 39.1 Å². The summed E-state index contributed by atoms with van der Waals surface area (Å²) in [4.78, 5) is 11.0. The van der Waals surface area contributed by atoms with Crippen LogP contribution in [0.15, 0.2) is 16.6 Å². The number of hydrogen-bond acceptors (Lipinski definition) is 2. The first-order valence-corrected chi connectivity index (χ1v) is 6.19. The molecule has 0 bridgehead atoms. The van der Waals surface area contributed by atoms with E-state index in [0.29, 0.717) is 23.0 Å². The van der Waals surface area contributed by atoms with E-state index in [9.17, 15) is 4.79 Å². The van der Waals surface area contributed by atoms with Gasteiger partial charge in [-0.3, -0.25) is 4.79 Å². The van der Waals surface area contributed by atoms with Gasteiger partial charge in [0.05, 0.1) is 15.7 Å². The third kappa shape index (κ3) is 3.54. The molecule has 1 aromatic carbocycles. The smallest absolute Gasteiger partial charge is 0.221 e. The van der Waals surface area contributed by atoms with Crippen molar-refractivity contribution in [2.24, 2.45) is 0 Å². The molecule has 0 heterocycles. The molecule has 1 amide bonds. The lowest BCUT2D eigenvalue weighted by Gasteiger charge is -2.09. The molecule has 0 saturated carbocycles. The summed E-state index contributed by atoms with van der Waals surface area (Å²) in [5.74, 6) is -0.0215. The van der Waals surface area contributed by atoms with Gasteiger partial charge >= 0.3 is 0 Å². The highest BCUT2D eigenvalue weighted by Crippen LogP contribution is 2.35. The van der Waals surface area contributed by atoms with Gasteiger partial charge in [-0.2, -0.15) is 0 Å². The van der Waals surface area contributed by atoms with E-state index in [-0.39, 0.29) is 5.91 Å². The summed E-state index contributed by atoms with van der Waals surface area (Å²) < 4.78 is 0.746. The van der Waals surface area contributed by atoms with Gasteiger partial charge in [0.2, 0.25) is 5.91 Å². The first-order valence-electron chi connectivity index (χ1n) is 4.64. The molecule has 1 aromatic rings. The van der Waals surface area contributed by atoms with Gasteiger partial charge in [-0.15, -0.1) is 0 Å². The highest BCUT2D eigenvalue weighted by atomic mass is 79.9. The summed E-state index contributed by atoms with van der Waals surface area (Å²) in [6.45, 7) is 0.511. The standard InChI is InChI=1S/C10H11BrCl2N2O/c1-14-8(16)4-5-15-7-3-2-6(11)9(12)10(7)13/h2-3,15H,4-5H2,1H3,(H,14,16). The molecule has 0 spiro atoms. The molecule has 0 aromatic heterocycles. The molecule has 1 rings (SSSR count). The van der Waals surface area contributed by atoms with Crippen LogP contribution in [0.3, 0.4) is 0 Å². The van der Waals surface area contributed by atoms with Crippen LogP contribution in [0.5, 0.6) is 0 Å². The molecular formula is C10H11BrCl2N2O. The maximum atomic E-state index is 11.0. The van der Waals surface area contributed by atoms with E-state index in [2.05, 4.69) is 26.6 Å². The lowest BCUT2D eigenvalue weighted by molar-refractivity contribution is -0.120. The minimum absolute atomic E-state index is 0.0215. The second-order valence-electron chi connectivity index (χ2n) is 3.07. The second kappa shape index (κ2) is 6.33. The van der Waals surface area contributed by atoms with Crippen LogP contribution in [-0.4, -0.2) is 19.5 Å². The van der Waals surface area contributed by atoms with Crippen molar-refractivity contribution in [2.75, 3.05) is 18.9 Å². The van der Waals surface area contributed by atoms with Crippen molar-refractivity contribution in [1.29, 1.82) is 0 Å². The third-order valence-electron chi connectivity index (χ3n) is 1.98. The zero-order chi connectivity index (χ0) is 12.1. The van der Waals surface area contributed by atoms with Crippen molar-refractivity contribution < 1.29 is 4.79 Å². The average Bonchev–Trinajstić information content (AvgIpc) is 2.29. The van der Waals surface area contributed by atoms with Crippen LogP contribution in [0.4, 0.5) is 5.69 Å². The number of amides is 1. The quantitative estimate of drug-likeness (QED) is 0.834. The van der Waals surface area contributed by atoms with Gasteiger partial charge in [0.25, 0.3) is 0 Å². The number of nitrogens with one attached hydrogen (secondary N) is 2. The number of carbonyl (C=O) groups is 1. The van der Waals surface area contributed by atoms with Crippen molar-refractivity contribution in [3.8, 4) is 0 Å². The van der Waals surface area contributed by atoms with Crippen LogP contribution in [0.1, 0.15) is 6.42 Å². The maximum Gasteiger partial charge on any atom is 0.221 e. The van der Waals surface area contributed by atoms with Crippen LogP contribution in [0.2, 0.25) is 10.0 Å². The summed E-state index contributed by atoms with van der Waals surface area (Å²) >= 11 is 15.3. The predicted octanol–water partition coefficient (Wildman–Crippen LogP) is 3.30. The fourth-order valence-electron chi connectivity index (χ4n) is 1.10. The molecule has 2 N–H and O–H groups in total. The zero-order valence-corrected chi connectivity index (χ0v) is 11.7. The summed E-state index contributed by atoms with van der Waals surface area (Å²) in [5, 5.41) is 6.51. The fraction of sp³-hybridized carbons (Fsp3) is 0.300. The number of anilines is 1. The van der Waals surface area contributed by atoms with Crippen LogP contribution < -0.4 is 10.6 Å². The van der Waals surface area contributed by atoms with Crippen LogP contribution in [0.25, 0.3) is 0 Å². The number of benzene rings is 1. The first kappa shape index (κ1) is 13.6. The fourth-order valence-corrected chi connectivity index (χ4v) is 1.94. The minimum Gasteiger partial charge on any atom is -0.383 e. The van der Waals surface area contributed by atoms with E-state index in [1.165, 1.54) is 0 Å². The highest BCUT2D eigenvalue weighted by Gasteiger charge is 2.08. The van der Waals surface area contributed by atoms with Crippen molar-refractivity contribution >= 4 is 50.7 Å². The van der Waals surface area contributed by atoms with Crippen molar-refractivity contribution in [2.45, 2.75) is 6.42 Å². The maximum absolute atomic E-state index is 11.0. The summed E-state index contributed by atoms with van der Waals surface area (Å²) in [5.41, 5.74) is 0.721. The average molecular weight is 326 g/mol. The third-order valence-corrected chi connectivity index (χ3v) is 3.75. The van der Waals surface area contributed by atoms with Crippen LogP contribution in [0, 0.1) is 0 Å². The highest BCUT2D eigenvalue weighted by molar-refractivity contribution is 9.10. The van der Waals surface area contributed by atoms with E-state index in [0.717, 1.165) is 10.2 Å². The summed E-state index contributed by atoms with van der Waals surface area (Å²) in [6, 6.07) is 3.61. The topological polar surface area (TPSA) is 41.1 Å². The molecule has 6 heteroatoms. The predicted molar refractivity (Wildman–Crippen MR) is 71.3 cm³/mol. The van der Waals surface area contributed by atoms with E-state index >= 15 is 0 Å². The summed E-state index contributed by atoms with van der Waals surface area (Å²) in [7, 11) is 1.60. The SMILES string of the molecule is CNC(=O)CCNc1ccc(Br)c(Cl)c1Cl. The first-order chi connectivity index (χ1) is 7.56. The Morgan fingerprint density at radius 3 is 2.69 bits per heavy atom. The Labute approximate surface area is 113 Å². The van der Waals surface area contributed by atoms with Crippen molar-refractivity contribution in [3.05, 3.63) is 26.7 Å². The van der Waals surface area contributed by atoms with Crippen LogP contribution in [-0.2, 0) is 4.79 Å². The minimum atomic E-state index is -0.0215. The molecule has 0 aliphatic heterocycles. The van der Waals surface area contributed by atoms with Gasteiger partial charge in [-0.1, -0.05) is 23.2 Å². The molecule has 88 valence electrons. The Hall–Kier alpha value is -0.450. The normalized spacial score (nSPS) is 10.0. The largest absolute Gasteiger partial charge is 0.383 e. The number of carbonyl (C=O) groups excluding carboxylic acids is 1. The van der Waals surface area contributed by atoms with Gasteiger partial charge in [-0.05, 0) is 28.1 Å². The second-order valence-corrected chi connectivity index (χ2v) is 4.68. The van der Waals surface area contributed by atoms with E-state index in [1.807, 2.05) is 6.07 Å². The van der Waals surface area contributed by atoms with Crippen molar-refractivity contribution in [3.63, 3.8) is 0 Å². The Balaban J connectivity index is 2.61. The molecule has 16 heavy (non-hydrogen) atoms. The Morgan fingerprint density at radius 2 is 2.06 bits per heavy atom. The molecule has 0 saturated heterocycles. The van der Waals surface area contributed by atoms with E-state index in [4.69, 9.17) is 23.2 Å². The molecule has 3 nitrogen and oxygen atoms in total. The Morgan fingerprint density at radius 1 is 1.38 bits per heavy atom. The van der Waals surface area contributed by atoms with Gasteiger partial charge in [-0.25, -0.2) is 0 Å². The molecular weight excluding hydrogens is 315 g/mol. The number of rotatable bonds is 4. The Bertz CT molecular complexity index is 399. The molecule has 0 aliphatic rings. The molecule has 0 aliphatic carbocycles. The van der Waals surface area contributed by atoms with Gasteiger partial charge < -0.3 is 10.6 Å².